The van der Waals surface area contributed by atoms with Crippen LogP contribution in [0.1, 0.15) is 5.56 Å². The molecule has 2 aromatic carbocycles. The van der Waals surface area contributed by atoms with Crippen molar-refractivity contribution in [2.75, 3.05) is 13.9 Å². The lowest BCUT2D eigenvalue weighted by atomic mass is 9.97. The Balaban J connectivity index is 2.32. The Bertz CT molecular complexity index is 862. The van der Waals surface area contributed by atoms with Crippen LogP contribution in [0.3, 0.4) is 0 Å². The van der Waals surface area contributed by atoms with Crippen molar-refractivity contribution in [1.82, 2.24) is 9.78 Å². The maximum atomic E-state index is 9.63. The molecule has 0 saturated heterocycles. The van der Waals surface area contributed by atoms with Gasteiger partial charge >= 0.3 is 0 Å². The second-order valence-electron chi connectivity index (χ2n) is 4.85. The first-order valence-corrected chi connectivity index (χ1v) is 6.82. The van der Waals surface area contributed by atoms with Gasteiger partial charge in [-0.25, -0.2) is 0 Å². The quantitative estimate of drug-likeness (QED) is 0.693. The molecule has 22 heavy (non-hydrogen) atoms. The average molecular weight is 293 g/mol. The number of nitrogens with zero attached hydrogens (tertiary/aromatic N) is 3. The van der Waals surface area contributed by atoms with Crippen molar-refractivity contribution in [1.29, 1.82) is 5.26 Å². The third-order valence-electron chi connectivity index (χ3n) is 3.55. The van der Waals surface area contributed by atoms with E-state index in [1.54, 1.807) is 18.0 Å². The predicted molar refractivity (Wildman–Crippen MR) is 83.4 cm³/mol. The van der Waals surface area contributed by atoms with Crippen molar-refractivity contribution in [3.05, 3.63) is 48.2 Å². The minimum absolute atomic E-state index is 0.153. The predicted octanol–water partition coefficient (Wildman–Crippen LogP) is 3.09. The lowest BCUT2D eigenvalue weighted by molar-refractivity contribution is 0.0522. The number of aromatic nitrogens is 2. The van der Waals surface area contributed by atoms with Gasteiger partial charge in [-0.3, -0.25) is 4.68 Å². The molecule has 3 rings (SSSR count). The molecule has 0 saturated carbocycles. The molecule has 0 radical (unpaired) electrons. The van der Waals surface area contributed by atoms with Crippen molar-refractivity contribution in [2.45, 2.75) is 0 Å². The Morgan fingerprint density at radius 2 is 2.00 bits per heavy atom. The van der Waals surface area contributed by atoms with Crippen LogP contribution in [0.2, 0.25) is 0 Å². The Labute approximate surface area is 128 Å². The second-order valence-corrected chi connectivity index (χ2v) is 4.85. The molecule has 0 bridgehead atoms. The first kappa shape index (κ1) is 14.1. The zero-order valence-electron chi connectivity index (χ0n) is 12.4. The van der Waals surface area contributed by atoms with Crippen molar-refractivity contribution in [2.24, 2.45) is 7.05 Å². The van der Waals surface area contributed by atoms with E-state index in [9.17, 15) is 5.26 Å². The van der Waals surface area contributed by atoms with Crippen LogP contribution in [0, 0.1) is 11.3 Å². The molecule has 0 aliphatic heterocycles. The average Bonchev–Trinajstić information content (AvgIpc) is 2.97. The number of hydrogen-bond acceptors (Lipinski definition) is 4. The lowest BCUT2D eigenvalue weighted by Gasteiger charge is -2.13. The molecular formula is C17H15N3O2. The normalized spacial score (nSPS) is 10.6. The van der Waals surface area contributed by atoms with Gasteiger partial charge in [0.2, 0.25) is 0 Å². The molecule has 0 amide bonds. The molecule has 0 spiro atoms. The van der Waals surface area contributed by atoms with Crippen LogP contribution in [0.5, 0.6) is 5.75 Å². The van der Waals surface area contributed by atoms with Gasteiger partial charge < -0.3 is 9.47 Å². The third kappa shape index (κ3) is 2.30. The molecule has 1 aromatic heterocycles. The fourth-order valence-electron chi connectivity index (χ4n) is 2.54. The topological polar surface area (TPSA) is 60.1 Å². The molecule has 0 aliphatic carbocycles. The summed E-state index contributed by atoms with van der Waals surface area (Å²) in [5, 5.41) is 15.6. The minimum atomic E-state index is 0.153. The van der Waals surface area contributed by atoms with Crippen molar-refractivity contribution in [3.63, 3.8) is 0 Å². The van der Waals surface area contributed by atoms with E-state index in [4.69, 9.17) is 9.47 Å². The van der Waals surface area contributed by atoms with E-state index in [-0.39, 0.29) is 6.79 Å². The highest BCUT2D eigenvalue weighted by molar-refractivity contribution is 5.98. The standard InChI is InChI=1S/C17H15N3O2/c1-20-16(7-8-19-20)14-9-17(22-11-21-2)13-6-4-3-5-12(13)15(14)10-18/h3-9H,11H2,1-2H3. The molecule has 5 heteroatoms. The highest BCUT2D eigenvalue weighted by Crippen LogP contribution is 2.36. The van der Waals surface area contributed by atoms with E-state index >= 15 is 0 Å². The van der Waals surface area contributed by atoms with Gasteiger partial charge in [0.25, 0.3) is 0 Å². The van der Waals surface area contributed by atoms with E-state index in [0.717, 1.165) is 22.0 Å². The largest absolute Gasteiger partial charge is 0.467 e. The number of hydrogen-bond donors (Lipinski definition) is 0. The van der Waals surface area contributed by atoms with E-state index in [1.165, 1.54) is 0 Å². The lowest BCUT2D eigenvalue weighted by Crippen LogP contribution is -2.02. The first-order chi connectivity index (χ1) is 10.8. The van der Waals surface area contributed by atoms with Crippen molar-refractivity contribution >= 4 is 10.8 Å². The van der Waals surface area contributed by atoms with Gasteiger partial charge in [0, 0.05) is 36.7 Å². The number of fused-ring (bicyclic) bond motifs is 1. The number of aryl methyl sites for hydroxylation is 1. The summed E-state index contributed by atoms with van der Waals surface area (Å²) in [6.45, 7) is 0.153. The molecule has 0 N–H and O–H groups in total. The maximum absolute atomic E-state index is 9.63. The van der Waals surface area contributed by atoms with Gasteiger partial charge in [0.05, 0.1) is 11.3 Å². The Kier molecular flexibility index (Phi) is 3.77. The minimum Gasteiger partial charge on any atom is -0.467 e. The summed E-state index contributed by atoms with van der Waals surface area (Å²) < 4.78 is 12.4. The second kappa shape index (κ2) is 5.88. The van der Waals surface area contributed by atoms with E-state index in [2.05, 4.69) is 11.2 Å². The summed E-state index contributed by atoms with van der Waals surface area (Å²) in [5.41, 5.74) is 2.28. The zero-order chi connectivity index (χ0) is 15.5. The van der Waals surface area contributed by atoms with Crippen LogP contribution in [0.15, 0.2) is 42.6 Å². The molecule has 0 unspecified atom stereocenters. The van der Waals surface area contributed by atoms with Gasteiger partial charge in [-0.15, -0.1) is 0 Å². The van der Waals surface area contributed by atoms with Gasteiger partial charge in [0.1, 0.15) is 11.8 Å². The molecule has 1 heterocycles. The molecular weight excluding hydrogens is 278 g/mol. The highest BCUT2D eigenvalue weighted by Gasteiger charge is 2.16. The third-order valence-corrected chi connectivity index (χ3v) is 3.55. The summed E-state index contributed by atoms with van der Waals surface area (Å²) >= 11 is 0. The fraction of sp³-hybridized carbons (Fsp3) is 0.176. The van der Waals surface area contributed by atoms with Gasteiger partial charge in [-0.2, -0.15) is 10.4 Å². The summed E-state index contributed by atoms with van der Waals surface area (Å²) in [6, 6.07) is 13.8. The highest BCUT2D eigenvalue weighted by atomic mass is 16.7. The molecule has 5 nitrogen and oxygen atoms in total. The maximum Gasteiger partial charge on any atom is 0.188 e. The van der Waals surface area contributed by atoms with Gasteiger partial charge in [-0.05, 0) is 12.1 Å². The van der Waals surface area contributed by atoms with Crippen LogP contribution in [-0.2, 0) is 11.8 Å². The zero-order valence-corrected chi connectivity index (χ0v) is 12.4. The molecule has 0 atom stereocenters. The van der Waals surface area contributed by atoms with E-state index in [1.807, 2.05) is 43.4 Å². The number of ether oxygens (including phenoxy) is 2. The number of methoxy groups -OCH3 is 1. The number of rotatable bonds is 4. The molecule has 110 valence electrons. The van der Waals surface area contributed by atoms with Crippen LogP contribution in [0.25, 0.3) is 22.0 Å². The first-order valence-electron chi connectivity index (χ1n) is 6.82. The summed E-state index contributed by atoms with van der Waals surface area (Å²) in [7, 11) is 3.43. The molecule has 0 fully saturated rings. The number of benzene rings is 2. The van der Waals surface area contributed by atoms with Crippen LogP contribution in [-0.4, -0.2) is 23.7 Å². The fourth-order valence-corrected chi connectivity index (χ4v) is 2.54. The SMILES string of the molecule is COCOc1cc(-c2ccnn2C)c(C#N)c2ccccc12. The Morgan fingerprint density at radius 3 is 2.64 bits per heavy atom. The van der Waals surface area contributed by atoms with Crippen LogP contribution in [0.4, 0.5) is 0 Å². The molecule has 3 aromatic rings. The van der Waals surface area contributed by atoms with Crippen LogP contribution < -0.4 is 4.74 Å². The summed E-state index contributed by atoms with van der Waals surface area (Å²) in [6.07, 6.45) is 1.71. The van der Waals surface area contributed by atoms with E-state index in [0.29, 0.717) is 11.3 Å². The van der Waals surface area contributed by atoms with Crippen molar-refractivity contribution < 1.29 is 9.47 Å². The van der Waals surface area contributed by atoms with E-state index < -0.39 is 0 Å². The van der Waals surface area contributed by atoms with Gasteiger partial charge in [0.15, 0.2) is 6.79 Å². The Hall–Kier alpha value is -2.84. The number of nitriles is 1. The molecule has 0 aliphatic rings. The summed E-state index contributed by atoms with van der Waals surface area (Å²) in [4.78, 5) is 0. The Morgan fingerprint density at radius 1 is 1.23 bits per heavy atom. The van der Waals surface area contributed by atoms with Crippen molar-refractivity contribution in [3.8, 4) is 23.1 Å². The van der Waals surface area contributed by atoms with Crippen LogP contribution >= 0.6 is 0 Å². The smallest absolute Gasteiger partial charge is 0.188 e. The summed E-state index contributed by atoms with van der Waals surface area (Å²) in [5.74, 6) is 0.688. The van der Waals surface area contributed by atoms with Gasteiger partial charge in [-0.1, -0.05) is 24.3 Å². The monoisotopic (exact) mass is 293 g/mol.